The Kier molecular flexibility index (Phi) is 3.86. The zero-order valence-electron chi connectivity index (χ0n) is 12.7. The van der Waals surface area contributed by atoms with Crippen molar-refractivity contribution in [1.82, 2.24) is 9.55 Å². The van der Waals surface area contributed by atoms with Gasteiger partial charge in [-0.05, 0) is 55.4 Å². The van der Waals surface area contributed by atoms with E-state index in [4.69, 9.17) is 0 Å². The molecule has 1 fully saturated rings. The molecular weight excluding hydrogens is 262 g/mol. The molecule has 1 aliphatic rings. The molecule has 0 bridgehead atoms. The largest absolute Gasteiger partial charge is 0.382 e. The highest BCUT2D eigenvalue weighted by molar-refractivity contribution is 5.49. The second-order valence-corrected chi connectivity index (χ2v) is 6.44. The molecule has 21 heavy (non-hydrogen) atoms. The lowest BCUT2D eigenvalue weighted by Gasteiger charge is -2.32. The lowest BCUT2D eigenvalue weighted by molar-refractivity contribution is 0.281. The van der Waals surface area contributed by atoms with Crippen LogP contribution in [-0.2, 0) is 0 Å². The third-order valence-electron chi connectivity index (χ3n) is 4.34. The highest BCUT2D eigenvalue weighted by Crippen LogP contribution is 2.30. The van der Waals surface area contributed by atoms with Gasteiger partial charge in [0, 0.05) is 24.1 Å². The van der Waals surface area contributed by atoms with Gasteiger partial charge in [-0.15, -0.1) is 0 Å². The lowest BCUT2D eigenvalue weighted by atomic mass is 9.80. The van der Waals surface area contributed by atoms with E-state index in [-0.39, 0.29) is 5.69 Å². The van der Waals surface area contributed by atoms with Gasteiger partial charge in [0.2, 0.25) is 0 Å². The molecular formula is C17H23N3O. The first-order chi connectivity index (χ1) is 10.1. The van der Waals surface area contributed by atoms with E-state index < -0.39 is 0 Å². The first kappa shape index (κ1) is 14.0. The molecule has 0 amide bonds. The van der Waals surface area contributed by atoms with Crippen molar-refractivity contribution in [1.29, 1.82) is 0 Å². The molecule has 1 saturated carbocycles. The minimum absolute atomic E-state index is 0.106. The molecule has 1 aliphatic carbocycles. The number of H-pyrrole nitrogens is 1. The third-order valence-corrected chi connectivity index (χ3v) is 4.34. The molecule has 2 unspecified atom stereocenters. The Labute approximate surface area is 125 Å². The van der Waals surface area contributed by atoms with Gasteiger partial charge in [0.25, 0.3) is 0 Å². The molecule has 2 aromatic rings. The van der Waals surface area contributed by atoms with Crippen LogP contribution in [-0.4, -0.2) is 15.6 Å². The van der Waals surface area contributed by atoms with Crippen LogP contribution in [0.5, 0.6) is 0 Å². The van der Waals surface area contributed by atoms with E-state index in [9.17, 15) is 4.79 Å². The molecule has 4 heteroatoms. The number of hydrogen-bond acceptors (Lipinski definition) is 2. The lowest BCUT2D eigenvalue weighted by Crippen LogP contribution is -2.30. The average molecular weight is 285 g/mol. The first-order valence-electron chi connectivity index (χ1n) is 7.75. The molecule has 0 spiro atoms. The van der Waals surface area contributed by atoms with Gasteiger partial charge in [0.05, 0.1) is 5.69 Å². The normalized spacial score (nSPS) is 25.7. The number of aromatic nitrogens is 2. The van der Waals surface area contributed by atoms with Gasteiger partial charge in [-0.2, -0.15) is 0 Å². The maximum Gasteiger partial charge on any atom is 0.330 e. The average Bonchev–Trinajstić information content (AvgIpc) is 2.85. The Morgan fingerprint density at radius 2 is 1.76 bits per heavy atom. The summed E-state index contributed by atoms with van der Waals surface area (Å²) in [5.41, 5.74) is 1.91. The summed E-state index contributed by atoms with van der Waals surface area (Å²) in [6, 6.07) is 8.63. The molecule has 0 radical (unpaired) electrons. The fraction of sp³-hybridized carbons (Fsp3) is 0.471. The van der Waals surface area contributed by atoms with Crippen molar-refractivity contribution < 1.29 is 0 Å². The van der Waals surface area contributed by atoms with Gasteiger partial charge in [-0.3, -0.25) is 4.57 Å². The highest BCUT2D eigenvalue weighted by Gasteiger charge is 2.23. The molecule has 112 valence electrons. The fourth-order valence-electron chi connectivity index (χ4n) is 3.54. The summed E-state index contributed by atoms with van der Waals surface area (Å²) in [7, 11) is 0. The minimum atomic E-state index is -0.106. The maximum absolute atomic E-state index is 11.6. The number of rotatable bonds is 3. The summed E-state index contributed by atoms with van der Waals surface area (Å²) in [5.74, 6) is 1.59. The van der Waals surface area contributed by atoms with Crippen LogP contribution < -0.4 is 11.0 Å². The van der Waals surface area contributed by atoms with Crippen molar-refractivity contribution in [2.24, 2.45) is 11.8 Å². The van der Waals surface area contributed by atoms with Crippen LogP contribution >= 0.6 is 0 Å². The predicted octanol–water partition coefficient (Wildman–Crippen LogP) is 3.40. The summed E-state index contributed by atoms with van der Waals surface area (Å²) >= 11 is 0. The Morgan fingerprint density at radius 3 is 2.33 bits per heavy atom. The van der Waals surface area contributed by atoms with Crippen molar-refractivity contribution in [2.45, 2.75) is 39.2 Å². The molecule has 0 aliphatic heterocycles. The maximum atomic E-state index is 11.6. The zero-order valence-corrected chi connectivity index (χ0v) is 12.7. The summed E-state index contributed by atoms with van der Waals surface area (Å²) in [5, 5.41) is 3.63. The monoisotopic (exact) mass is 285 g/mol. The smallest absolute Gasteiger partial charge is 0.330 e. The predicted molar refractivity (Wildman–Crippen MR) is 86.0 cm³/mol. The Morgan fingerprint density at radius 1 is 1.10 bits per heavy atom. The molecule has 3 rings (SSSR count). The minimum Gasteiger partial charge on any atom is -0.382 e. The second-order valence-electron chi connectivity index (χ2n) is 6.44. The van der Waals surface area contributed by atoms with Gasteiger partial charge in [0.1, 0.15) is 0 Å². The number of nitrogens with zero attached hydrogens (tertiary/aromatic N) is 1. The van der Waals surface area contributed by atoms with E-state index in [1.165, 1.54) is 19.3 Å². The van der Waals surface area contributed by atoms with E-state index in [0.29, 0.717) is 6.04 Å². The van der Waals surface area contributed by atoms with Crippen molar-refractivity contribution in [3.05, 3.63) is 47.1 Å². The fourth-order valence-corrected chi connectivity index (χ4v) is 3.54. The number of benzene rings is 1. The summed E-state index contributed by atoms with van der Waals surface area (Å²) in [6.45, 7) is 4.68. The number of anilines is 1. The molecule has 4 nitrogen and oxygen atoms in total. The molecule has 2 atom stereocenters. The zero-order chi connectivity index (χ0) is 14.8. The molecule has 1 aromatic carbocycles. The van der Waals surface area contributed by atoms with E-state index in [1.807, 2.05) is 12.1 Å². The van der Waals surface area contributed by atoms with Crippen LogP contribution in [0, 0.1) is 11.8 Å². The SMILES string of the molecule is CC1CC(C)CC(Nc2ccc(-n3cc[nH]c3=O)cc2)C1. The van der Waals surface area contributed by atoms with Crippen LogP contribution in [0.3, 0.4) is 0 Å². The number of imidazole rings is 1. The quantitative estimate of drug-likeness (QED) is 0.908. The van der Waals surface area contributed by atoms with Gasteiger partial charge < -0.3 is 10.3 Å². The third kappa shape index (κ3) is 3.20. The van der Waals surface area contributed by atoms with Crippen LogP contribution in [0.4, 0.5) is 5.69 Å². The standard InChI is InChI=1S/C17H23N3O/c1-12-9-13(2)11-15(10-12)19-14-3-5-16(6-4-14)20-8-7-18-17(20)21/h3-8,12-13,15,19H,9-11H2,1-2H3,(H,18,21). The topological polar surface area (TPSA) is 49.8 Å². The molecule has 0 saturated heterocycles. The summed E-state index contributed by atoms with van der Waals surface area (Å²) in [4.78, 5) is 14.2. The van der Waals surface area contributed by atoms with E-state index in [0.717, 1.165) is 23.2 Å². The number of hydrogen-bond donors (Lipinski definition) is 2. The van der Waals surface area contributed by atoms with Gasteiger partial charge in [0.15, 0.2) is 0 Å². The van der Waals surface area contributed by atoms with Crippen LogP contribution in [0.2, 0.25) is 0 Å². The van der Waals surface area contributed by atoms with E-state index in [1.54, 1.807) is 17.0 Å². The molecule has 1 aromatic heterocycles. The van der Waals surface area contributed by atoms with Crippen LogP contribution in [0.15, 0.2) is 41.5 Å². The van der Waals surface area contributed by atoms with Crippen molar-refractivity contribution in [3.8, 4) is 5.69 Å². The first-order valence-corrected chi connectivity index (χ1v) is 7.75. The number of aromatic amines is 1. The highest BCUT2D eigenvalue weighted by atomic mass is 16.1. The van der Waals surface area contributed by atoms with Gasteiger partial charge in [-0.25, -0.2) is 4.79 Å². The number of nitrogens with one attached hydrogen (secondary N) is 2. The van der Waals surface area contributed by atoms with Crippen molar-refractivity contribution in [3.63, 3.8) is 0 Å². The Balaban J connectivity index is 1.70. The van der Waals surface area contributed by atoms with Crippen molar-refractivity contribution in [2.75, 3.05) is 5.32 Å². The molecule has 2 N–H and O–H groups in total. The van der Waals surface area contributed by atoms with Crippen molar-refractivity contribution >= 4 is 5.69 Å². The summed E-state index contributed by atoms with van der Waals surface area (Å²) < 4.78 is 1.61. The van der Waals surface area contributed by atoms with Gasteiger partial charge >= 0.3 is 5.69 Å². The van der Waals surface area contributed by atoms with E-state index >= 15 is 0 Å². The summed E-state index contributed by atoms with van der Waals surface area (Å²) in [6.07, 6.45) is 7.22. The van der Waals surface area contributed by atoms with Gasteiger partial charge in [-0.1, -0.05) is 13.8 Å². The van der Waals surface area contributed by atoms with Crippen LogP contribution in [0.25, 0.3) is 5.69 Å². The Hall–Kier alpha value is -1.97. The Bertz CT molecular complexity index is 631. The van der Waals surface area contributed by atoms with Crippen LogP contribution in [0.1, 0.15) is 33.1 Å². The second kappa shape index (κ2) is 5.80. The van der Waals surface area contributed by atoms with E-state index in [2.05, 4.69) is 36.3 Å². The molecule has 1 heterocycles.